The highest BCUT2D eigenvalue weighted by molar-refractivity contribution is 9.13. The lowest BCUT2D eigenvalue weighted by molar-refractivity contribution is 0.122. The van der Waals surface area contributed by atoms with Gasteiger partial charge in [0.1, 0.15) is 0 Å². The number of anilines is 4. The Morgan fingerprint density at radius 2 is 1.88 bits per heavy atom. The highest BCUT2D eigenvalue weighted by Crippen LogP contribution is 2.39. The molecule has 0 saturated carbocycles. The number of ether oxygens (including phenoxy) is 2. The zero-order valence-corrected chi connectivity index (χ0v) is 21.5. The van der Waals surface area contributed by atoms with E-state index in [9.17, 15) is 5.11 Å². The molecule has 3 N–H and O–H groups in total. The summed E-state index contributed by atoms with van der Waals surface area (Å²) in [7, 11) is 0. The number of hydrogen-bond donors (Lipinski definition) is 3. The van der Waals surface area contributed by atoms with Crippen molar-refractivity contribution in [3.63, 3.8) is 0 Å². The van der Waals surface area contributed by atoms with Crippen LogP contribution in [0.4, 0.5) is 23.5 Å². The number of hydrazone groups is 1. The zero-order chi connectivity index (χ0) is 23.9. The van der Waals surface area contributed by atoms with E-state index in [1.807, 2.05) is 42.2 Å². The van der Waals surface area contributed by atoms with Gasteiger partial charge in [-0.3, -0.25) is 0 Å². The van der Waals surface area contributed by atoms with Gasteiger partial charge in [0.05, 0.1) is 31.6 Å². The van der Waals surface area contributed by atoms with Gasteiger partial charge in [0.15, 0.2) is 11.5 Å². The fraction of sp³-hybridized carbons (Fsp3) is 0.273. The monoisotopic (exact) mass is 591 g/mol. The maximum atomic E-state index is 10.6. The highest BCUT2D eigenvalue weighted by atomic mass is 79.9. The minimum Gasteiger partial charge on any atom is -0.504 e. The molecule has 0 atom stereocenters. The maximum Gasteiger partial charge on any atom is 0.250 e. The van der Waals surface area contributed by atoms with Gasteiger partial charge in [-0.1, -0.05) is 18.2 Å². The molecule has 34 heavy (non-hydrogen) atoms. The summed E-state index contributed by atoms with van der Waals surface area (Å²) in [6.07, 6.45) is 1.47. The van der Waals surface area contributed by atoms with Crippen LogP contribution in [0.2, 0.25) is 0 Å². The molecule has 3 aromatic rings. The van der Waals surface area contributed by atoms with Crippen molar-refractivity contribution in [2.24, 2.45) is 5.10 Å². The van der Waals surface area contributed by atoms with Crippen molar-refractivity contribution in [2.75, 3.05) is 48.6 Å². The molecule has 0 bridgehead atoms. The smallest absolute Gasteiger partial charge is 0.250 e. The number of benzene rings is 2. The van der Waals surface area contributed by atoms with Gasteiger partial charge in [-0.15, -0.1) is 0 Å². The number of halogens is 2. The van der Waals surface area contributed by atoms with E-state index in [1.165, 1.54) is 6.21 Å². The number of aromatic nitrogens is 3. The number of morpholine rings is 1. The van der Waals surface area contributed by atoms with E-state index in [1.54, 1.807) is 6.07 Å². The third kappa shape index (κ3) is 5.93. The van der Waals surface area contributed by atoms with Crippen molar-refractivity contribution >= 4 is 61.6 Å². The van der Waals surface area contributed by atoms with E-state index < -0.39 is 0 Å². The number of nitrogens with one attached hydrogen (secondary N) is 2. The molecular formula is C22H23Br2N7O3. The standard InChI is InChI=1S/C22H23Br2N7O3/c1-2-34-17-12-16(23)18(24)15(19(17)32)13-25-30-21-27-20(26-14-6-4-3-5-7-14)28-22(29-21)31-8-10-33-11-9-31/h3-7,12-13,32H,2,8-11H2,1H3,(H2,26,27,28,29,30)/b25-13-. The van der Waals surface area contributed by atoms with Gasteiger partial charge in [-0.25, -0.2) is 5.43 Å². The molecule has 2 heterocycles. The molecule has 0 unspecified atom stereocenters. The second kappa shape index (κ2) is 11.4. The average Bonchev–Trinajstić information content (AvgIpc) is 2.86. The fourth-order valence-electron chi connectivity index (χ4n) is 3.18. The van der Waals surface area contributed by atoms with Crippen LogP contribution in [0.3, 0.4) is 0 Å². The van der Waals surface area contributed by atoms with E-state index in [4.69, 9.17) is 9.47 Å². The molecule has 1 aromatic heterocycles. The predicted molar refractivity (Wildman–Crippen MR) is 138 cm³/mol. The Labute approximate surface area is 213 Å². The van der Waals surface area contributed by atoms with Crippen molar-refractivity contribution in [3.8, 4) is 11.5 Å². The van der Waals surface area contributed by atoms with Gasteiger partial charge in [0, 0.05) is 27.7 Å². The SMILES string of the molecule is CCOc1cc(Br)c(Br)c(/C=N\Nc2nc(Nc3ccccc3)nc(N3CCOCC3)n2)c1O. The van der Waals surface area contributed by atoms with Gasteiger partial charge in [0.2, 0.25) is 17.8 Å². The minimum atomic E-state index is -0.0291. The van der Waals surface area contributed by atoms with E-state index in [0.29, 0.717) is 60.6 Å². The number of nitrogens with zero attached hydrogens (tertiary/aromatic N) is 5. The number of phenolic OH excluding ortho intramolecular Hbond substituents is 1. The first kappa shape index (κ1) is 24.2. The van der Waals surface area contributed by atoms with Crippen LogP contribution in [0.25, 0.3) is 0 Å². The average molecular weight is 593 g/mol. The summed E-state index contributed by atoms with van der Waals surface area (Å²) in [6, 6.07) is 11.3. The lowest BCUT2D eigenvalue weighted by Gasteiger charge is -2.27. The first-order valence-electron chi connectivity index (χ1n) is 10.6. The molecule has 4 rings (SSSR count). The molecule has 1 saturated heterocycles. The van der Waals surface area contributed by atoms with Gasteiger partial charge < -0.3 is 24.8 Å². The Bertz CT molecular complexity index is 1160. The molecule has 0 radical (unpaired) electrons. The van der Waals surface area contributed by atoms with E-state index in [2.05, 4.69) is 62.7 Å². The molecule has 1 aliphatic rings. The predicted octanol–water partition coefficient (Wildman–Crippen LogP) is 4.53. The summed E-state index contributed by atoms with van der Waals surface area (Å²) in [5.74, 6) is 1.47. The Morgan fingerprint density at radius 3 is 2.62 bits per heavy atom. The third-order valence-electron chi connectivity index (χ3n) is 4.80. The highest BCUT2D eigenvalue weighted by Gasteiger charge is 2.17. The van der Waals surface area contributed by atoms with Crippen LogP contribution in [0.5, 0.6) is 11.5 Å². The van der Waals surface area contributed by atoms with Crippen molar-refractivity contribution < 1.29 is 14.6 Å². The first-order chi connectivity index (χ1) is 16.5. The quantitative estimate of drug-likeness (QED) is 0.256. The second-order valence-electron chi connectivity index (χ2n) is 7.11. The Hall–Kier alpha value is -2.96. The number of rotatable bonds is 8. The van der Waals surface area contributed by atoms with Crippen molar-refractivity contribution in [1.82, 2.24) is 15.0 Å². The normalized spacial score (nSPS) is 13.8. The molecule has 178 valence electrons. The van der Waals surface area contributed by atoms with Gasteiger partial charge in [-0.2, -0.15) is 20.1 Å². The first-order valence-corrected chi connectivity index (χ1v) is 12.2. The Morgan fingerprint density at radius 1 is 1.15 bits per heavy atom. The Kier molecular flexibility index (Phi) is 8.14. The van der Waals surface area contributed by atoms with Crippen LogP contribution < -0.4 is 20.4 Å². The summed E-state index contributed by atoms with van der Waals surface area (Å²) in [5.41, 5.74) is 4.14. The van der Waals surface area contributed by atoms with Crippen LogP contribution in [-0.4, -0.2) is 59.2 Å². The fourth-order valence-corrected chi connectivity index (χ4v) is 4.00. The number of phenols is 1. The summed E-state index contributed by atoms with van der Waals surface area (Å²) in [5, 5.41) is 18.0. The largest absolute Gasteiger partial charge is 0.504 e. The molecule has 12 heteroatoms. The molecule has 1 aliphatic heterocycles. The van der Waals surface area contributed by atoms with Crippen molar-refractivity contribution in [3.05, 3.63) is 50.9 Å². The molecular weight excluding hydrogens is 570 g/mol. The molecule has 0 aliphatic carbocycles. The Balaban J connectivity index is 1.61. The van der Waals surface area contributed by atoms with Crippen LogP contribution in [-0.2, 0) is 4.74 Å². The van der Waals surface area contributed by atoms with Crippen LogP contribution in [0.15, 0.2) is 50.4 Å². The van der Waals surface area contributed by atoms with Crippen LogP contribution in [0.1, 0.15) is 12.5 Å². The van der Waals surface area contributed by atoms with E-state index >= 15 is 0 Å². The molecule has 10 nitrogen and oxygen atoms in total. The lowest BCUT2D eigenvalue weighted by atomic mass is 10.2. The third-order valence-corrected chi connectivity index (χ3v) is 6.81. The van der Waals surface area contributed by atoms with Gasteiger partial charge in [-0.05, 0) is 57.0 Å². The summed E-state index contributed by atoms with van der Waals surface area (Å²) in [4.78, 5) is 15.5. The summed E-state index contributed by atoms with van der Waals surface area (Å²) in [6.45, 7) is 4.83. The van der Waals surface area contributed by atoms with E-state index in [-0.39, 0.29) is 11.7 Å². The summed E-state index contributed by atoms with van der Waals surface area (Å²) < 4.78 is 12.3. The number of para-hydroxylation sites is 1. The number of hydrogen-bond acceptors (Lipinski definition) is 10. The molecule has 0 spiro atoms. The van der Waals surface area contributed by atoms with Crippen molar-refractivity contribution in [1.29, 1.82) is 0 Å². The van der Waals surface area contributed by atoms with Crippen molar-refractivity contribution in [2.45, 2.75) is 6.92 Å². The number of aromatic hydroxyl groups is 1. The zero-order valence-electron chi connectivity index (χ0n) is 18.3. The van der Waals surface area contributed by atoms with E-state index in [0.717, 1.165) is 10.2 Å². The topological polar surface area (TPSA) is 117 Å². The molecule has 1 fully saturated rings. The van der Waals surface area contributed by atoms with Crippen LogP contribution >= 0.6 is 31.9 Å². The second-order valence-corrected chi connectivity index (χ2v) is 8.76. The van der Waals surface area contributed by atoms with Gasteiger partial charge in [0.25, 0.3) is 0 Å². The maximum absolute atomic E-state index is 10.6. The van der Waals surface area contributed by atoms with Crippen LogP contribution in [0, 0.1) is 0 Å². The molecule has 2 aromatic carbocycles. The lowest BCUT2D eigenvalue weighted by Crippen LogP contribution is -2.37. The summed E-state index contributed by atoms with van der Waals surface area (Å²) >= 11 is 6.92. The molecule has 0 amide bonds. The minimum absolute atomic E-state index is 0.0291. The van der Waals surface area contributed by atoms with Gasteiger partial charge >= 0.3 is 0 Å².